The Labute approximate surface area is 119 Å². The molecule has 2 atom stereocenters. The normalized spacial score (nSPS) is 13.9. The molecule has 0 aliphatic carbocycles. The number of carboxylic acids is 1. The van der Waals surface area contributed by atoms with Crippen LogP contribution in [0.15, 0.2) is 36.4 Å². The number of rotatable bonds is 7. The molecule has 0 saturated heterocycles. The minimum atomic E-state index is -0.931. The van der Waals surface area contributed by atoms with Gasteiger partial charge in [0, 0.05) is 6.08 Å². The minimum absolute atomic E-state index is 0.492. The first kappa shape index (κ1) is 16.0. The van der Waals surface area contributed by atoms with Crippen molar-refractivity contribution in [1.82, 2.24) is 0 Å². The van der Waals surface area contributed by atoms with Crippen LogP contribution in [-0.2, 0) is 14.3 Å². The van der Waals surface area contributed by atoms with E-state index in [2.05, 4.69) is 0 Å². The molecule has 1 N–H and O–H groups in total. The summed E-state index contributed by atoms with van der Waals surface area (Å²) in [6.07, 6.45) is 3.55. The molecule has 1 aromatic rings. The molecule has 108 valence electrons. The van der Waals surface area contributed by atoms with Crippen LogP contribution in [0.2, 0.25) is 0 Å². The molecule has 0 spiro atoms. The fourth-order valence-corrected chi connectivity index (χ4v) is 1.90. The first-order valence-electron chi connectivity index (χ1n) is 6.71. The van der Waals surface area contributed by atoms with Crippen molar-refractivity contribution in [1.29, 1.82) is 0 Å². The van der Waals surface area contributed by atoms with Crippen molar-refractivity contribution in [2.24, 2.45) is 5.92 Å². The summed E-state index contributed by atoms with van der Waals surface area (Å²) in [6.45, 7) is 3.52. The second-order valence-electron chi connectivity index (χ2n) is 4.62. The molecule has 0 amide bonds. The number of aliphatic carboxylic acids is 1. The molecular formula is C16H20O4. The van der Waals surface area contributed by atoms with Crippen LogP contribution in [0.1, 0.15) is 32.3 Å². The number of carboxylic acid groups (broad SMARTS) is 1. The monoisotopic (exact) mass is 276 g/mol. The maximum atomic E-state index is 11.7. The van der Waals surface area contributed by atoms with Gasteiger partial charge in [0.15, 0.2) is 0 Å². The van der Waals surface area contributed by atoms with Crippen LogP contribution in [0, 0.1) is 5.92 Å². The maximum Gasteiger partial charge on any atom is 0.331 e. The third-order valence-electron chi connectivity index (χ3n) is 3.00. The van der Waals surface area contributed by atoms with Crippen molar-refractivity contribution < 1.29 is 19.4 Å². The van der Waals surface area contributed by atoms with Gasteiger partial charge in [0.1, 0.15) is 6.10 Å². The van der Waals surface area contributed by atoms with Gasteiger partial charge >= 0.3 is 11.9 Å². The Morgan fingerprint density at radius 2 is 1.95 bits per heavy atom. The lowest BCUT2D eigenvalue weighted by atomic mass is 9.98. The van der Waals surface area contributed by atoms with Crippen LogP contribution >= 0.6 is 0 Å². The zero-order chi connectivity index (χ0) is 15.0. The van der Waals surface area contributed by atoms with Crippen LogP contribution in [0.4, 0.5) is 0 Å². The molecule has 4 nitrogen and oxygen atoms in total. The topological polar surface area (TPSA) is 63.6 Å². The van der Waals surface area contributed by atoms with Gasteiger partial charge in [-0.2, -0.15) is 0 Å². The molecule has 4 heteroatoms. The molecule has 0 aliphatic heterocycles. The highest BCUT2D eigenvalue weighted by Gasteiger charge is 2.26. The Morgan fingerprint density at radius 1 is 1.30 bits per heavy atom. The highest BCUT2D eigenvalue weighted by Crippen LogP contribution is 2.15. The van der Waals surface area contributed by atoms with Crippen LogP contribution in [0.25, 0.3) is 6.08 Å². The number of carbonyl (C=O) groups is 2. The van der Waals surface area contributed by atoms with Crippen LogP contribution in [-0.4, -0.2) is 23.1 Å². The van der Waals surface area contributed by atoms with Gasteiger partial charge in [0.05, 0.1) is 5.92 Å². The predicted octanol–water partition coefficient (Wildman–Crippen LogP) is 3.13. The molecule has 0 radical (unpaired) electrons. The number of esters is 1. The molecular weight excluding hydrogens is 256 g/mol. The fourth-order valence-electron chi connectivity index (χ4n) is 1.90. The van der Waals surface area contributed by atoms with E-state index >= 15 is 0 Å². The summed E-state index contributed by atoms with van der Waals surface area (Å²) in [5.74, 6) is -2.11. The first-order valence-corrected chi connectivity index (χ1v) is 6.71. The molecule has 0 fully saturated rings. The molecule has 1 aromatic carbocycles. The number of ether oxygens (including phenoxy) is 1. The van der Waals surface area contributed by atoms with Crippen molar-refractivity contribution in [3.63, 3.8) is 0 Å². The van der Waals surface area contributed by atoms with E-state index in [-0.39, 0.29) is 0 Å². The third kappa shape index (κ3) is 5.26. The lowest BCUT2D eigenvalue weighted by Crippen LogP contribution is -2.29. The van der Waals surface area contributed by atoms with Crippen molar-refractivity contribution in [2.75, 3.05) is 0 Å². The van der Waals surface area contributed by atoms with E-state index < -0.39 is 24.0 Å². The molecule has 0 aliphatic rings. The highest BCUT2D eigenvalue weighted by atomic mass is 16.5. The maximum absolute atomic E-state index is 11.7. The van der Waals surface area contributed by atoms with Crippen molar-refractivity contribution in [3.05, 3.63) is 42.0 Å². The van der Waals surface area contributed by atoms with E-state index in [1.165, 1.54) is 6.08 Å². The number of benzene rings is 1. The Hall–Kier alpha value is -2.10. The van der Waals surface area contributed by atoms with Crippen molar-refractivity contribution >= 4 is 18.0 Å². The van der Waals surface area contributed by atoms with Gasteiger partial charge < -0.3 is 9.84 Å². The molecule has 2 unspecified atom stereocenters. The van der Waals surface area contributed by atoms with Gasteiger partial charge in [-0.15, -0.1) is 0 Å². The zero-order valence-corrected chi connectivity index (χ0v) is 11.8. The molecule has 1 rings (SSSR count). The minimum Gasteiger partial charge on any atom is -0.481 e. The summed E-state index contributed by atoms with van der Waals surface area (Å²) in [6, 6.07) is 9.36. The standard InChI is InChI=1S/C16H20O4/c1-3-7-14(16(18)19)12(2)20-15(17)11-10-13-8-5-4-6-9-13/h4-6,8-12,14H,3,7H2,1-2H3,(H,18,19)/b11-10+. The summed E-state index contributed by atoms with van der Waals surface area (Å²) in [4.78, 5) is 22.7. The SMILES string of the molecule is CCCC(C(=O)O)C(C)OC(=O)/C=C/c1ccccc1. The predicted molar refractivity (Wildman–Crippen MR) is 77.1 cm³/mol. The summed E-state index contributed by atoms with van der Waals surface area (Å²) >= 11 is 0. The lowest BCUT2D eigenvalue weighted by Gasteiger charge is -2.19. The summed E-state index contributed by atoms with van der Waals surface area (Å²) in [7, 11) is 0. The van der Waals surface area contributed by atoms with E-state index in [1.54, 1.807) is 13.0 Å². The van der Waals surface area contributed by atoms with E-state index in [1.807, 2.05) is 37.3 Å². The van der Waals surface area contributed by atoms with Crippen LogP contribution < -0.4 is 0 Å². The Morgan fingerprint density at radius 3 is 2.50 bits per heavy atom. The van der Waals surface area contributed by atoms with Gasteiger partial charge in [-0.1, -0.05) is 43.7 Å². The quantitative estimate of drug-likeness (QED) is 0.614. The average molecular weight is 276 g/mol. The summed E-state index contributed by atoms with van der Waals surface area (Å²) < 4.78 is 5.14. The summed E-state index contributed by atoms with van der Waals surface area (Å²) in [5, 5.41) is 9.09. The second kappa shape index (κ2) is 8.15. The fraction of sp³-hybridized carbons (Fsp3) is 0.375. The summed E-state index contributed by atoms with van der Waals surface area (Å²) in [5.41, 5.74) is 0.889. The number of hydrogen-bond acceptors (Lipinski definition) is 3. The Balaban J connectivity index is 2.56. The average Bonchev–Trinajstić information content (AvgIpc) is 2.43. The number of hydrogen-bond donors (Lipinski definition) is 1. The smallest absolute Gasteiger partial charge is 0.331 e. The Kier molecular flexibility index (Phi) is 6.50. The van der Waals surface area contributed by atoms with Crippen LogP contribution in [0.3, 0.4) is 0 Å². The van der Waals surface area contributed by atoms with E-state index in [0.29, 0.717) is 6.42 Å². The molecule has 20 heavy (non-hydrogen) atoms. The van der Waals surface area contributed by atoms with Crippen molar-refractivity contribution in [2.45, 2.75) is 32.8 Å². The second-order valence-corrected chi connectivity index (χ2v) is 4.62. The van der Waals surface area contributed by atoms with Gasteiger partial charge in [0.25, 0.3) is 0 Å². The van der Waals surface area contributed by atoms with E-state index in [9.17, 15) is 9.59 Å². The van der Waals surface area contributed by atoms with Crippen molar-refractivity contribution in [3.8, 4) is 0 Å². The van der Waals surface area contributed by atoms with Gasteiger partial charge in [0.2, 0.25) is 0 Å². The molecule has 0 aromatic heterocycles. The number of carbonyl (C=O) groups excluding carboxylic acids is 1. The lowest BCUT2D eigenvalue weighted by molar-refractivity contribution is -0.154. The highest BCUT2D eigenvalue weighted by molar-refractivity contribution is 5.87. The molecule has 0 heterocycles. The molecule has 0 bridgehead atoms. The Bertz CT molecular complexity index is 465. The van der Waals surface area contributed by atoms with E-state index in [0.717, 1.165) is 12.0 Å². The van der Waals surface area contributed by atoms with Gasteiger partial charge in [-0.25, -0.2) is 4.79 Å². The van der Waals surface area contributed by atoms with Crippen LogP contribution in [0.5, 0.6) is 0 Å². The third-order valence-corrected chi connectivity index (χ3v) is 3.00. The largest absolute Gasteiger partial charge is 0.481 e. The van der Waals surface area contributed by atoms with E-state index in [4.69, 9.17) is 9.84 Å². The zero-order valence-electron chi connectivity index (χ0n) is 11.8. The first-order chi connectivity index (χ1) is 9.54. The van der Waals surface area contributed by atoms with Gasteiger partial charge in [-0.05, 0) is 25.0 Å². The molecule has 0 saturated carbocycles. The van der Waals surface area contributed by atoms with Gasteiger partial charge in [-0.3, -0.25) is 4.79 Å².